The highest BCUT2D eigenvalue weighted by Crippen LogP contribution is 2.41. The van der Waals surface area contributed by atoms with Crippen LogP contribution in [0.4, 0.5) is 0 Å². The third-order valence-electron chi connectivity index (χ3n) is 7.68. The maximum atomic E-state index is 12.7. The van der Waals surface area contributed by atoms with E-state index in [1.165, 1.54) is 0 Å². The summed E-state index contributed by atoms with van der Waals surface area (Å²) in [4.78, 5) is 17.0. The number of epoxide rings is 1. The van der Waals surface area contributed by atoms with Gasteiger partial charge in [-0.25, -0.2) is 0 Å². The monoisotopic (exact) mass is 650 g/mol. The molecule has 3 rings (SSSR count). The number of carbonyl (C=O) groups excluding carboxylic acids is 1. The second-order valence-corrected chi connectivity index (χ2v) is 28.8. The lowest BCUT2D eigenvalue weighted by Gasteiger charge is -2.47. The zero-order valence-corrected chi connectivity index (χ0v) is 31.7. The fourth-order valence-corrected chi connectivity index (χ4v) is 9.36. The van der Waals surface area contributed by atoms with Gasteiger partial charge >= 0.3 is 0 Å². The van der Waals surface area contributed by atoms with Crippen LogP contribution < -0.4 is 5.32 Å². The molecule has 3 heterocycles. The number of hydrogen-bond acceptors (Lipinski definition) is 7. The van der Waals surface area contributed by atoms with E-state index in [0.29, 0.717) is 25.5 Å². The van der Waals surface area contributed by atoms with Crippen molar-refractivity contribution in [1.29, 1.82) is 0 Å². The van der Waals surface area contributed by atoms with Crippen LogP contribution in [-0.4, -0.2) is 79.1 Å². The molecule has 0 aliphatic carbocycles. The molecule has 0 unspecified atom stereocenters. The van der Waals surface area contributed by atoms with Crippen molar-refractivity contribution < 1.29 is 27.5 Å². The quantitative estimate of drug-likeness (QED) is 0.131. The Labute approximate surface area is 264 Å². The van der Waals surface area contributed by atoms with E-state index in [4.69, 9.17) is 22.8 Å². The van der Waals surface area contributed by atoms with E-state index in [2.05, 4.69) is 83.1 Å². The van der Waals surface area contributed by atoms with Crippen LogP contribution in [0.3, 0.4) is 0 Å². The Hall–Kier alpha value is -1.19. The van der Waals surface area contributed by atoms with Gasteiger partial charge in [-0.05, 0) is 97.7 Å². The van der Waals surface area contributed by atoms with Crippen molar-refractivity contribution in [2.75, 3.05) is 6.61 Å². The second-order valence-electron chi connectivity index (χ2n) is 15.4. The maximum Gasteiger partial charge on any atom is 0.244 e. The van der Waals surface area contributed by atoms with Crippen molar-refractivity contribution in [2.45, 2.75) is 136 Å². The Morgan fingerprint density at radius 3 is 2.23 bits per heavy atom. The van der Waals surface area contributed by atoms with Crippen molar-refractivity contribution in [2.24, 2.45) is 11.8 Å². The van der Waals surface area contributed by atoms with E-state index in [1.807, 2.05) is 25.1 Å². The maximum absolute atomic E-state index is 12.7. The number of nitrogens with zero attached hydrogens (tertiary/aromatic N) is 1. The summed E-state index contributed by atoms with van der Waals surface area (Å²) in [5.74, 6) is 0.370. The first-order chi connectivity index (χ1) is 19.8. The highest BCUT2D eigenvalue weighted by atomic mass is 28.4. The Morgan fingerprint density at radius 2 is 1.65 bits per heavy atom. The van der Waals surface area contributed by atoms with E-state index >= 15 is 0 Å². The molecule has 1 amide bonds. The first-order valence-electron chi connectivity index (χ1n) is 16.0. The summed E-state index contributed by atoms with van der Waals surface area (Å²) in [6.45, 7) is 27.5. The van der Waals surface area contributed by atoms with Gasteiger partial charge in [-0.15, -0.1) is 0 Å². The van der Waals surface area contributed by atoms with Gasteiger partial charge in [0, 0.05) is 30.2 Å². The van der Waals surface area contributed by atoms with Crippen LogP contribution in [0.15, 0.2) is 36.0 Å². The van der Waals surface area contributed by atoms with Crippen LogP contribution in [-0.2, 0) is 34.1 Å². The summed E-state index contributed by atoms with van der Waals surface area (Å²) < 4.78 is 33.1. The minimum atomic E-state index is -1.95. The molecule has 8 atom stereocenters. The molecule has 0 bridgehead atoms. The predicted octanol–water partition coefficient (Wildman–Crippen LogP) is 6.52. The number of amides is 1. The molecule has 11 heteroatoms. The van der Waals surface area contributed by atoms with Crippen molar-refractivity contribution in [3.63, 3.8) is 0 Å². The zero-order chi connectivity index (χ0) is 32.2. The van der Waals surface area contributed by atoms with Crippen LogP contribution in [0.1, 0.15) is 39.3 Å². The summed E-state index contributed by atoms with van der Waals surface area (Å²) in [7, 11) is -5.50. The number of carbonyl (C=O) groups is 1. The molecule has 2 aliphatic rings. The van der Waals surface area contributed by atoms with E-state index < -0.39 is 25.0 Å². The number of nitrogens with one attached hydrogen (secondary N) is 1. The molecular formula is C32H58N2O6Si3. The average molecular weight is 651 g/mol. The van der Waals surface area contributed by atoms with E-state index in [0.717, 1.165) is 17.7 Å². The summed E-state index contributed by atoms with van der Waals surface area (Å²) in [6.07, 6.45) is 4.95. The van der Waals surface area contributed by atoms with Gasteiger partial charge < -0.3 is 28.1 Å². The number of rotatable bonds is 15. The predicted molar refractivity (Wildman–Crippen MR) is 180 cm³/mol. The summed E-state index contributed by atoms with van der Waals surface area (Å²) >= 11 is 0. The minimum absolute atomic E-state index is 0.0845. The summed E-state index contributed by atoms with van der Waals surface area (Å²) in [5.41, 5.74) is 1.78. The third kappa shape index (κ3) is 12.6. The number of pyridine rings is 1. The van der Waals surface area contributed by atoms with E-state index in [-0.39, 0.29) is 48.4 Å². The molecule has 43 heavy (non-hydrogen) atoms. The van der Waals surface area contributed by atoms with Gasteiger partial charge in [-0.2, -0.15) is 0 Å². The molecule has 1 aromatic heterocycles. The lowest BCUT2D eigenvalue weighted by molar-refractivity contribution is -0.152. The van der Waals surface area contributed by atoms with Gasteiger partial charge in [-0.1, -0.05) is 18.6 Å². The molecule has 0 spiro atoms. The number of hydrogen-bond donors (Lipinski definition) is 1. The fourth-order valence-electron chi connectivity index (χ4n) is 5.79. The number of ether oxygens (including phenoxy) is 2. The fraction of sp³-hybridized carbons (Fsp3) is 0.750. The topological polar surface area (TPSA) is 91.4 Å². The standard InChI is InChI=1S/C32H58N2O6Si3/c1-22(18-29(35)34-20-26-15-13-14-16-33-26)17-27-32(40-43(10,11)12)31(39-42(7,8)9)25(21-36-27)19-28-30(37-28)23(2)24(3)38-41(4,5)6/h13-16,18,23-25,27-28,30-32H,17,19-21H2,1-12H3,(H,34,35)/b22-18+/t23-,24-,25-,27-,28-,30-,31+,32-/m0/s1. The van der Waals surface area contributed by atoms with Gasteiger partial charge in [0.1, 0.15) is 0 Å². The second kappa shape index (κ2) is 14.9. The molecule has 244 valence electrons. The van der Waals surface area contributed by atoms with E-state index in [9.17, 15) is 4.79 Å². The van der Waals surface area contributed by atoms with Crippen LogP contribution in [0.25, 0.3) is 0 Å². The molecule has 1 aromatic rings. The van der Waals surface area contributed by atoms with Crippen molar-refractivity contribution in [3.8, 4) is 0 Å². The molecule has 1 N–H and O–H groups in total. The average Bonchev–Trinajstić information content (AvgIpc) is 3.63. The Morgan fingerprint density at radius 1 is 1.00 bits per heavy atom. The van der Waals surface area contributed by atoms with Crippen LogP contribution in [0.5, 0.6) is 0 Å². The van der Waals surface area contributed by atoms with Gasteiger partial charge in [0.2, 0.25) is 5.91 Å². The lowest BCUT2D eigenvalue weighted by atomic mass is 9.85. The SMILES string of the molecule is C/C(=C\C(=O)NCc1ccccn1)C[C@@H]1OC[C@H](C[C@@H]2O[C@H]2[C@@H](C)[C@H](C)O[Si](C)(C)C)[C@@H](O[Si](C)(C)C)[C@H]1O[Si](C)(C)C. The Bertz CT molecular complexity index is 1070. The molecular weight excluding hydrogens is 593 g/mol. The highest BCUT2D eigenvalue weighted by molar-refractivity contribution is 6.70. The summed E-state index contributed by atoms with van der Waals surface area (Å²) in [5, 5.41) is 2.94. The normalized spacial score (nSPS) is 28.3. The molecule has 0 radical (unpaired) electrons. The molecule has 2 fully saturated rings. The van der Waals surface area contributed by atoms with Crippen molar-refractivity contribution >= 4 is 30.9 Å². The molecule has 0 aromatic carbocycles. The molecule has 2 saturated heterocycles. The van der Waals surface area contributed by atoms with Gasteiger partial charge in [0.15, 0.2) is 25.0 Å². The van der Waals surface area contributed by atoms with Gasteiger partial charge in [0.05, 0.1) is 49.4 Å². The highest BCUT2D eigenvalue weighted by Gasteiger charge is 2.51. The van der Waals surface area contributed by atoms with Crippen molar-refractivity contribution in [3.05, 3.63) is 41.7 Å². The van der Waals surface area contributed by atoms with Crippen LogP contribution in [0.2, 0.25) is 58.9 Å². The molecule has 0 saturated carbocycles. The third-order valence-corrected chi connectivity index (χ3v) is 10.7. The minimum Gasteiger partial charge on any atom is -0.415 e. The summed E-state index contributed by atoms with van der Waals surface area (Å²) in [6, 6.07) is 5.68. The molecule has 2 aliphatic heterocycles. The van der Waals surface area contributed by atoms with E-state index in [1.54, 1.807) is 12.3 Å². The molecule has 8 nitrogen and oxygen atoms in total. The Balaban J connectivity index is 1.72. The van der Waals surface area contributed by atoms with Gasteiger partial charge in [0.25, 0.3) is 0 Å². The largest absolute Gasteiger partial charge is 0.415 e. The van der Waals surface area contributed by atoms with Crippen LogP contribution >= 0.6 is 0 Å². The smallest absolute Gasteiger partial charge is 0.244 e. The zero-order valence-electron chi connectivity index (χ0n) is 28.7. The first-order valence-corrected chi connectivity index (χ1v) is 26.2. The van der Waals surface area contributed by atoms with Gasteiger partial charge in [-0.3, -0.25) is 9.78 Å². The number of aromatic nitrogens is 1. The van der Waals surface area contributed by atoms with Crippen LogP contribution in [0, 0.1) is 11.8 Å². The first kappa shape index (κ1) is 36.3. The lowest BCUT2D eigenvalue weighted by Crippen LogP contribution is -2.58. The Kier molecular flexibility index (Phi) is 12.6. The van der Waals surface area contributed by atoms with Crippen molar-refractivity contribution in [1.82, 2.24) is 10.3 Å².